The SMILES string of the molecule is C=C(CC)NC(=O)C1CCCCC1. The second-order valence-corrected chi connectivity index (χ2v) is 3.78. The molecule has 0 heterocycles. The lowest BCUT2D eigenvalue weighted by molar-refractivity contribution is -0.125. The van der Waals surface area contributed by atoms with Crippen molar-refractivity contribution in [3.05, 3.63) is 12.3 Å². The molecule has 1 amide bonds. The molecule has 2 nitrogen and oxygen atoms in total. The Balaban J connectivity index is 2.33. The van der Waals surface area contributed by atoms with Gasteiger partial charge in [-0.25, -0.2) is 0 Å². The normalized spacial score (nSPS) is 18.2. The van der Waals surface area contributed by atoms with Crippen LogP contribution in [0, 0.1) is 5.92 Å². The highest BCUT2D eigenvalue weighted by molar-refractivity contribution is 5.80. The maximum atomic E-state index is 11.6. The minimum absolute atomic E-state index is 0.187. The van der Waals surface area contributed by atoms with E-state index in [1.165, 1.54) is 19.3 Å². The number of amides is 1. The molecule has 74 valence electrons. The molecule has 1 N–H and O–H groups in total. The first-order chi connectivity index (χ1) is 6.24. The summed E-state index contributed by atoms with van der Waals surface area (Å²) in [7, 11) is 0. The van der Waals surface area contributed by atoms with Gasteiger partial charge in [-0.3, -0.25) is 4.79 Å². The van der Waals surface area contributed by atoms with Crippen molar-refractivity contribution < 1.29 is 4.79 Å². The van der Waals surface area contributed by atoms with Crippen LogP contribution >= 0.6 is 0 Å². The van der Waals surface area contributed by atoms with Crippen molar-refractivity contribution in [2.24, 2.45) is 5.92 Å². The summed E-state index contributed by atoms with van der Waals surface area (Å²) in [5.41, 5.74) is 0.843. The van der Waals surface area contributed by atoms with Crippen LogP contribution in [0.1, 0.15) is 45.4 Å². The number of carbonyl (C=O) groups is 1. The standard InChI is InChI=1S/C11H19NO/c1-3-9(2)12-11(13)10-7-5-4-6-8-10/h10H,2-8H2,1H3,(H,12,13). The molecule has 2 heteroatoms. The quantitative estimate of drug-likeness (QED) is 0.712. The molecule has 1 aliphatic carbocycles. The molecule has 0 bridgehead atoms. The largest absolute Gasteiger partial charge is 0.330 e. The summed E-state index contributed by atoms with van der Waals surface area (Å²) in [6, 6.07) is 0. The van der Waals surface area contributed by atoms with E-state index in [0.29, 0.717) is 0 Å². The van der Waals surface area contributed by atoms with Gasteiger partial charge >= 0.3 is 0 Å². The second-order valence-electron chi connectivity index (χ2n) is 3.78. The molecule has 0 spiro atoms. The van der Waals surface area contributed by atoms with E-state index in [1.807, 2.05) is 6.92 Å². The van der Waals surface area contributed by atoms with E-state index in [2.05, 4.69) is 11.9 Å². The van der Waals surface area contributed by atoms with Gasteiger partial charge < -0.3 is 5.32 Å². The lowest BCUT2D eigenvalue weighted by Crippen LogP contribution is -2.30. The molecular formula is C11H19NO. The zero-order valence-corrected chi connectivity index (χ0v) is 8.44. The average Bonchev–Trinajstić information content (AvgIpc) is 2.19. The van der Waals surface area contributed by atoms with Gasteiger partial charge in [0.15, 0.2) is 0 Å². The first kappa shape index (κ1) is 10.3. The third-order valence-electron chi connectivity index (χ3n) is 2.70. The minimum atomic E-state index is 0.187. The van der Waals surface area contributed by atoms with Crippen molar-refractivity contribution >= 4 is 5.91 Å². The second kappa shape index (κ2) is 5.05. The fourth-order valence-corrected chi connectivity index (χ4v) is 1.73. The van der Waals surface area contributed by atoms with Gasteiger partial charge in [0.1, 0.15) is 0 Å². The van der Waals surface area contributed by atoms with Crippen molar-refractivity contribution in [2.75, 3.05) is 0 Å². The van der Waals surface area contributed by atoms with Gasteiger partial charge in [-0.05, 0) is 19.3 Å². The van der Waals surface area contributed by atoms with E-state index in [9.17, 15) is 4.79 Å². The summed E-state index contributed by atoms with van der Waals surface area (Å²) in [4.78, 5) is 11.6. The van der Waals surface area contributed by atoms with Crippen LogP contribution in [0.15, 0.2) is 12.3 Å². The van der Waals surface area contributed by atoms with Crippen LogP contribution in [0.4, 0.5) is 0 Å². The average molecular weight is 181 g/mol. The maximum Gasteiger partial charge on any atom is 0.227 e. The highest BCUT2D eigenvalue weighted by Crippen LogP contribution is 2.23. The van der Waals surface area contributed by atoms with Crippen molar-refractivity contribution in [2.45, 2.75) is 45.4 Å². The number of nitrogens with one attached hydrogen (secondary N) is 1. The number of hydrogen-bond acceptors (Lipinski definition) is 1. The summed E-state index contributed by atoms with van der Waals surface area (Å²) in [5, 5.41) is 2.87. The number of hydrogen-bond donors (Lipinski definition) is 1. The molecule has 0 radical (unpaired) electrons. The molecular weight excluding hydrogens is 162 g/mol. The maximum absolute atomic E-state index is 11.6. The summed E-state index contributed by atoms with van der Waals surface area (Å²) in [6.07, 6.45) is 6.65. The van der Waals surface area contributed by atoms with Crippen LogP contribution < -0.4 is 5.32 Å². The summed E-state index contributed by atoms with van der Waals surface area (Å²) >= 11 is 0. The molecule has 0 atom stereocenters. The van der Waals surface area contributed by atoms with Crippen LogP contribution in [0.2, 0.25) is 0 Å². The monoisotopic (exact) mass is 181 g/mol. The number of carbonyl (C=O) groups excluding carboxylic acids is 1. The lowest BCUT2D eigenvalue weighted by atomic mass is 9.88. The van der Waals surface area contributed by atoms with E-state index in [-0.39, 0.29) is 11.8 Å². The Hall–Kier alpha value is -0.790. The van der Waals surface area contributed by atoms with Crippen molar-refractivity contribution in [1.29, 1.82) is 0 Å². The van der Waals surface area contributed by atoms with Crippen LogP contribution in [-0.2, 0) is 4.79 Å². The van der Waals surface area contributed by atoms with Crippen molar-refractivity contribution in [3.63, 3.8) is 0 Å². The number of rotatable bonds is 3. The molecule has 1 fully saturated rings. The number of allylic oxidation sites excluding steroid dienone is 1. The zero-order chi connectivity index (χ0) is 9.68. The topological polar surface area (TPSA) is 29.1 Å². The molecule has 0 aromatic rings. The van der Waals surface area contributed by atoms with Gasteiger partial charge in [0, 0.05) is 11.6 Å². The molecule has 0 aliphatic heterocycles. The van der Waals surface area contributed by atoms with E-state index >= 15 is 0 Å². The summed E-state index contributed by atoms with van der Waals surface area (Å²) in [5.74, 6) is 0.434. The van der Waals surface area contributed by atoms with Crippen LogP contribution in [0.3, 0.4) is 0 Å². The van der Waals surface area contributed by atoms with Gasteiger partial charge in [-0.2, -0.15) is 0 Å². The predicted octanol–water partition coefficient (Wildman–Crippen LogP) is 2.61. The first-order valence-electron chi connectivity index (χ1n) is 5.22. The van der Waals surface area contributed by atoms with E-state index in [0.717, 1.165) is 25.0 Å². The third kappa shape index (κ3) is 3.21. The van der Waals surface area contributed by atoms with Gasteiger partial charge in [0.05, 0.1) is 0 Å². The Morgan fingerprint density at radius 3 is 2.54 bits per heavy atom. The van der Waals surface area contributed by atoms with Crippen LogP contribution in [0.25, 0.3) is 0 Å². The molecule has 0 unspecified atom stereocenters. The van der Waals surface area contributed by atoms with Crippen molar-refractivity contribution in [3.8, 4) is 0 Å². The Kier molecular flexibility index (Phi) is 4.00. The Morgan fingerprint density at radius 1 is 1.38 bits per heavy atom. The van der Waals surface area contributed by atoms with Gasteiger partial charge in [-0.15, -0.1) is 0 Å². The van der Waals surface area contributed by atoms with Crippen LogP contribution in [-0.4, -0.2) is 5.91 Å². The third-order valence-corrected chi connectivity index (χ3v) is 2.70. The van der Waals surface area contributed by atoms with E-state index in [1.54, 1.807) is 0 Å². The lowest BCUT2D eigenvalue weighted by Gasteiger charge is -2.21. The molecule has 13 heavy (non-hydrogen) atoms. The van der Waals surface area contributed by atoms with E-state index in [4.69, 9.17) is 0 Å². The zero-order valence-electron chi connectivity index (χ0n) is 8.44. The fraction of sp³-hybridized carbons (Fsp3) is 0.727. The molecule has 1 rings (SSSR count). The molecule has 0 aromatic carbocycles. The van der Waals surface area contributed by atoms with E-state index < -0.39 is 0 Å². The Bertz CT molecular complexity index is 192. The highest BCUT2D eigenvalue weighted by atomic mass is 16.1. The van der Waals surface area contributed by atoms with Crippen molar-refractivity contribution in [1.82, 2.24) is 5.32 Å². The molecule has 0 aromatic heterocycles. The highest BCUT2D eigenvalue weighted by Gasteiger charge is 2.20. The Labute approximate surface area is 80.4 Å². The molecule has 1 saturated carbocycles. The molecule has 0 saturated heterocycles. The summed E-state index contributed by atoms with van der Waals surface area (Å²) in [6.45, 7) is 5.78. The minimum Gasteiger partial charge on any atom is -0.330 e. The van der Waals surface area contributed by atoms with Gasteiger partial charge in [0.2, 0.25) is 5.91 Å². The Morgan fingerprint density at radius 2 is 2.00 bits per heavy atom. The summed E-state index contributed by atoms with van der Waals surface area (Å²) < 4.78 is 0. The smallest absolute Gasteiger partial charge is 0.227 e. The van der Waals surface area contributed by atoms with Crippen LogP contribution in [0.5, 0.6) is 0 Å². The molecule has 1 aliphatic rings. The first-order valence-corrected chi connectivity index (χ1v) is 5.22. The fourth-order valence-electron chi connectivity index (χ4n) is 1.73. The van der Waals surface area contributed by atoms with Gasteiger partial charge in [0.25, 0.3) is 0 Å². The van der Waals surface area contributed by atoms with Gasteiger partial charge in [-0.1, -0.05) is 32.8 Å². The predicted molar refractivity (Wildman–Crippen MR) is 54.1 cm³/mol.